The average Bonchev–Trinajstić information content (AvgIpc) is 3.01. The number of esters is 1. The number of hydrogen-bond acceptors (Lipinski definition) is 5. The Morgan fingerprint density at radius 2 is 2.00 bits per heavy atom. The van der Waals surface area contributed by atoms with E-state index in [4.69, 9.17) is 4.74 Å². The Balaban J connectivity index is 1.63. The van der Waals surface area contributed by atoms with E-state index in [0.29, 0.717) is 5.69 Å². The summed E-state index contributed by atoms with van der Waals surface area (Å²) in [4.78, 5) is 24.4. The van der Waals surface area contributed by atoms with Gasteiger partial charge in [-0.25, -0.2) is 0 Å². The Hall–Kier alpha value is -1.31. The second-order valence-electron chi connectivity index (χ2n) is 4.29. The van der Waals surface area contributed by atoms with Crippen LogP contribution in [0.1, 0.15) is 4.88 Å². The number of anilines is 1. The molecule has 0 aliphatic carbocycles. The van der Waals surface area contributed by atoms with Crippen molar-refractivity contribution in [1.82, 2.24) is 0 Å². The summed E-state index contributed by atoms with van der Waals surface area (Å²) in [7, 11) is 0. The molecular formula is C15H14BrNO3S2. The average molecular weight is 400 g/mol. The van der Waals surface area contributed by atoms with Crippen LogP contribution in [0.3, 0.4) is 0 Å². The molecule has 0 bridgehead atoms. The summed E-state index contributed by atoms with van der Waals surface area (Å²) in [6.45, 7) is -0.269. The first kappa shape index (κ1) is 17.1. The van der Waals surface area contributed by atoms with Crippen LogP contribution in [0, 0.1) is 0 Å². The van der Waals surface area contributed by atoms with Crippen LogP contribution in [0.15, 0.2) is 46.3 Å². The van der Waals surface area contributed by atoms with Crippen LogP contribution in [-0.2, 0) is 20.1 Å². The molecule has 22 heavy (non-hydrogen) atoms. The molecule has 2 aromatic rings. The first-order valence-corrected chi connectivity index (χ1v) is 9.27. The highest BCUT2D eigenvalue weighted by molar-refractivity contribution is 9.10. The van der Waals surface area contributed by atoms with E-state index in [-0.39, 0.29) is 24.2 Å². The molecule has 1 aromatic carbocycles. The normalized spacial score (nSPS) is 10.2. The van der Waals surface area contributed by atoms with Crippen molar-refractivity contribution in [2.75, 3.05) is 17.7 Å². The monoisotopic (exact) mass is 399 g/mol. The molecule has 1 aromatic heterocycles. The number of ether oxygens (including phenoxy) is 1. The quantitative estimate of drug-likeness (QED) is 0.716. The van der Waals surface area contributed by atoms with Crippen LogP contribution < -0.4 is 5.32 Å². The molecule has 0 saturated carbocycles. The predicted molar refractivity (Wildman–Crippen MR) is 94.2 cm³/mol. The molecule has 7 heteroatoms. The van der Waals surface area contributed by atoms with Crippen molar-refractivity contribution < 1.29 is 14.3 Å². The number of rotatable bonds is 7. The summed E-state index contributed by atoms with van der Waals surface area (Å²) in [5, 5.41) is 4.66. The molecule has 0 aliphatic heterocycles. The number of halogens is 1. The third kappa shape index (κ3) is 6.21. The zero-order valence-corrected chi connectivity index (χ0v) is 14.8. The zero-order valence-electron chi connectivity index (χ0n) is 11.6. The van der Waals surface area contributed by atoms with Gasteiger partial charge in [0.25, 0.3) is 5.91 Å². The number of amides is 1. The molecule has 2 rings (SSSR count). The van der Waals surface area contributed by atoms with E-state index in [9.17, 15) is 9.59 Å². The van der Waals surface area contributed by atoms with Crippen LogP contribution in [0.5, 0.6) is 0 Å². The third-order valence-electron chi connectivity index (χ3n) is 2.54. The minimum Gasteiger partial charge on any atom is -0.455 e. The lowest BCUT2D eigenvalue weighted by Crippen LogP contribution is -2.21. The van der Waals surface area contributed by atoms with Crippen LogP contribution in [-0.4, -0.2) is 24.2 Å². The summed E-state index contributed by atoms with van der Waals surface area (Å²) < 4.78 is 5.87. The number of carbonyl (C=O) groups excluding carboxylic acids is 2. The van der Waals surface area contributed by atoms with Crippen molar-refractivity contribution in [3.05, 3.63) is 51.1 Å². The van der Waals surface area contributed by atoms with Gasteiger partial charge in [-0.3, -0.25) is 9.59 Å². The lowest BCUT2D eigenvalue weighted by Gasteiger charge is -2.06. The van der Waals surface area contributed by atoms with Crippen molar-refractivity contribution in [3.8, 4) is 0 Å². The maximum atomic E-state index is 11.7. The standard InChI is InChI=1S/C15H14BrNO3S2/c16-11-3-5-12(6-4-11)17-14(18)8-20-15(19)10-21-9-13-2-1-7-22-13/h1-7H,8-10H2,(H,17,18). The van der Waals surface area contributed by atoms with E-state index >= 15 is 0 Å². The van der Waals surface area contributed by atoms with Gasteiger partial charge in [-0.1, -0.05) is 22.0 Å². The molecular weight excluding hydrogens is 386 g/mol. The van der Waals surface area contributed by atoms with Gasteiger partial charge in [0.2, 0.25) is 0 Å². The maximum Gasteiger partial charge on any atom is 0.316 e. The minimum atomic E-state index is -0.382. The highest BCUT2D eigenvalue weighted by atomic mass is 79.9. The van der Waals surface area contributed by atoms with Gasteiger partial charge in [-0.2, -0.15) is 0 Å². The lowest BCUT2D eigenvalue weighted by atomic mass is 10.3. The number of nitrogens with one attached hydrogen (secondary N) is 1. The van der Waals surface area contributed by atoms with Crippen LogP contribution in [0.4, 0.5) is 5.69 Å². The summed E-state index contributed by atoms with van der Waals surface area (Å²) in [5.41, 5.74) is 0.663. The highest BCUT2D eigenvalue weighted by Crippen LogP contribution is 2.17. The van der Waals surface area contributed by atoms with Gasteiger partial charge in [0.15, 0.2) is 6.61 Å². The van der Waals surface area contributed by atoms with Crippen molar-refractivity contribution in [2.45, 2.75) is 5.75 Å². The van der Waals surface area contributed by atoms with Gasteiger partial charge in [0, 0.05) is 20.8 Å². The third-order valence-corrected chi connectivity index (χ3v) is 5.08. The SMILES string of the molecule is O=C(COC(=O)CSCc1cccs1)Nc1ccc(Br)cc1. The Bertz CT molecular complexity index is 614. The van der Waals surface area contributed by atoms with Crippen LogP contribution >= 0.6 is 39.0 Å². The van der Waals surface area contributed by atoms with Crippen LogP contribution in [0.2, 0.25) is 0 Å². The second kappa shape index (κ2) is 8.97. The molecule has 0 saturated heterocycles. The predicted octanol–water partition coefficient (Wildman–Crippen LogP) is 3.93. The molecule has 4 nitrogen and oxygen atoms in total. The molecule has 0 unspecified atom stereocenters. The smallest absolute Gasteiger partial charge is 0.316 e. The molecule has 0 fully saturated rings. The fourth-order valence-corrected chi connectivity index (χ4v) is 3.47. The Morgan fingerprint density at radius 3 is 2.68 bits per heavy atom. The molecule has 1 N–H and O–H groups in total. The van der Waals surface area contributed by atoms with Gasteiger partial charge in [-0.05, 0) is 35.7 Å². The first-order valence-electron chi connectivity index (χ1n) is 6.44. The summed E-state index contributed by atoms with van der Waals surface area (Å²) in [6, 6.07) is 11.2. The Kier molecular flexibility index (Phi) is 6.95. The minimum absolute atomic E-state index is 0.240. The van der Waals surface area contributed by atoms with E-state index in [2.05, 4.69) is 21.2 Å². The van der Waals surface area contributed by atoms with Crippen molar-refractivity contribution in [1.29, 1.82) is 0 Å². The summed E-state index contributed by atoms with van der Waals surface area (Å²) in [5.74, 6) is 0.285. The molecule has 0 atom stereocenters. The first-order chi connectivity index (χ1) is 10.6. The van der Waals surface area contributed by atoms with Crippen molar-refractivity contribution in [3.63, 3.8) is 0 Å². The zero-order chi connectivity index (χ0) is 15.8. The molecule has 0 radical (unpaired) electrons. The maximum absolute atomic E-state index is 11.7. The highest BCUT2D eigenvalue weighted by Gasteiger charge is 2.08. The Morgan fingerprint density at radius 1 is 1.23 bits per heavy atom. The summed E-state index contributed by atoms with van der Waals surface area (Å²) >= 11 is 6.45. The van der Waals surface area contributed by atoms with Gasteiger partial charge < -0.3 is 10.1 Å². The fraction of sp³-hybridized carbons (Fsp3) is 0.200. The number of thioether (sulfide) groups is 1. The van der Waals surface area contributed by atoms with Crippen LogP contribution in [0.25, 0.3) is 0 Å². The molecule has 1 amide bonds. The van der Waals surface area contributed by atoms with Gasteiger partial charge in [-0.15, -0.1) is 23.1 Å². The van der Waals surface area contributed by atoms with Gasteiger partial charge >= 0.3 is 5.97 Å². The fourth-order valence-electron chi connectivity index (χ4n) is 1.55. The molecule has 0 aliphatic rings. The van der Waals surface area contributed by atoms with E-state index in [0.717, 1.165) is 10.2 Å². The second-order valence-corrected chi connectivity index (χ2v) is 7.22. The molecule has 0 spiro atoms. The van der Waals surface area contributed by atoms with Gasteiger partial charge in [0.1, 0.15) is 0 Å². The number of thiophene rings is 1. The van der Waals surface area contributed by atoms with Crippen molar-refractivity contribution >= 4 is 56.6 Å². The number of carbonyl (C=O) groups is 2. The lowest BCUT2D eigenvalue weighted by molar-refractivity contribution is -0.144. The molecule has 116 valence electrons. The number of benzene rings is 1. The number of hydrogen-bond donors (Lipinski definition) is 1. The van der Waals surface area contributed by atoms with E-state index in [1.807, 2.05) is 29.6 Å². The summed E-state index contributed by atoms with van der Waals surface area (Å²) in [6.07, 6.45) is 0. The largest absolute Gasteiger partial charge is 0.455 e. The van der Waals surface area contributed by atoms with Gasteiger partial charge in [0.05, 0.1) is 5.75 Å². The Labute approximate surface area is 145 Å². The van der Waals surface area contributed by atoms with E-state index in [1.165, 1.54) is 16.6 Å². The van der Waals surface area contributed by atoms with Crippen molar-refractivity contribution in [2.24, 2.45) is 0 Å². The van der Waals surface area contributed by atoms with E-state index < -0.39 is 0 Å². The molecule has 1 heterocycles. The topological polar surface area (TPSA) is 55.4 Å². The van der Waals surface area contributed by atoms with E-state index in [1.54, 1.807) is 23.5 Å².